The molecule has 6 heterocycles. The summed E-state index contributed by atoms with van der Waals surface area (Å²) in [7, 11) is 0. The lowest BCUT2D eigenvalue weighted by molar-refractivity contribution is -0.148. The molecule has 14 N–H and O–H groups in total. The normalized spacial score (nSPS) is 22.8. The molecule has 0 radical (unpaired) electrons. The summed E-state index contributed by atoms with van der Waals surface area (Å²) in [6.45, 7) is 4.55. The van der Waals surface area contributed by atoms with Gasteiger partial charge >= 0.3 is 0 Å². The molecule has 5 saturated heterocycles. The third-order valence-electron chi connectivity index (χ3n) is 16.1. The van der Waals surface area contributed by atoms with Gasteiger partial charge in [-0.15, -0.1) is 0 Å². The molecule has 5 aliphatic heterocycles. The number of benzene rings is 1. The van der Waals surface area contributed by atoms with Gasteiger partial charge in [0.15, 0.2) is 5.96 Å². The van der Waals surface area contributed by atoms with E-state index in [1.54, 1.807) is 13.1 Å². The van der Waals surface area contributed by atoms with E-state index in [1.807, 2.05) is 31.2 Å². The van der Waals surface area contributed by atoms with Gasteiger partial charge < -0.3 is 73.7 Å². The number of amides is 11. The van der Waals surface area contributed by atoms with Crippen LogP contribution in [0.25, 0.3) is 10.9 Å². The van der Waals surface area contributed by atoms with Crippen LogP contribution in [-0.4, -0.2) is 183 Å². The Bertz CT molecular complexity index is 2660. The molecule has 10 atom stereocenters. The zero-order valence-electron chi connectivity index (χ0n) is 45.0. The summed E-state index contributed by atoms with van der Waals surface area (Å²) in [5.74, 6) is -7.23. The van der Waals surface area contributed by atoms with Gasteiger partial charge in [0.25, 0.3) is 0 Å². The smallest absolute Gasteiger partial charge is 0.246 e. The first-order valence-corrected chi connectivity index (χ1v) is 27.7. The average molecular weight is 1100 g/mol. The molecule has 0 bridgehead atoms. The maximum Gasteiger partial charge on any atom is 0.246 e. The lowest BCUT2D eigenvalue weighted by Gasteiger charge is -2.34. The molecule has 26 nitrogen and oxygen atoms in total. The summed E-state index contributed by atoms with van der Waals surface area (Å²) < 4.78 is 0. The Morgan fingerprint density at radius 1 is 0.684 bits per heavy atom. The number of rotatable bonds is 24. The van der Waals surface area contributed by atoms with Crippen molar-refractivity contribution in [2.45, 2.75) is 171 Å². The maximum absolute atomic E-state index is 14.8. The van der Waals surface area contributed by atoms with Gasteiger partial charge in [-0.05, 0) is 94.6 Å². The molecule has 0 spiro atoms. The largest absolute Gasteiger partial charge is 0.370 e. The van der Waals surface area contributed by atoms with E-state index < -0.39 is 119 Å². The van der Waals surface area contributed by atoms with Crippen molar-refractivity contribution in [3.8, 4) is 0 Å². The van der Waals surface area contributed by atoms with Gasteiger partial charge in [0.2, 0.25) is 65.0 Å². The van der Waals surface area contributed by atoms with E-state index in [2.05, 4.69) is 36.9 Å². The van der Waals surface area contributed by atoms with E-state index in [-0.39, 0.29) is 95.8 Å². The Labute approximate surface area is 458 Å². The number of nitrogens with two attached hydrogens (primary N) is 3. The molecule has 5 fully saturated rings. The molecular formula is C53H77N15O11. The van der Waals surface area contributed by atoms with Crippen molar-refractivity contribution in [3.63, 3.8) is 0 Å². The highest BCUT2D eigenvalue weighted by molar-refractivity contribution is 6.00. The second-order valence-corrected chi connectivity index (χ2v) is 21.4. The monoisotopic (exact) mass is 1100 g/mol. The van der Waals surface area contributed by atoms with Gasteiger partial charge in [0.1, 0.15) is 54.4 Å². The van der Waals surface area contributed by atoms with Crippen LogP contribution < -0.4 is 49.1 Å². The first kappa shape index (κ1) is 58.9. The van der Waals surface area contributed by atoms with E-state index in [0.717, 1.165) is 16.5 Å². The van der Waals surface area contributed by atoms with Crippen molar-refractivity contribution in [2.24, 2.45) is 23.1 Å². The molecule has 7 rings (SSSR count). The van der Waals surface area contributed by atoms with Crippen LogP contribution in [0, 0.1) is 11.3 Å². The molecule has 1 aromatic carbocycles. The maximum atomic E-state index is 14.8. The van der Waals surface area contributed by atoms with Gasteiger partial charge in [-0.1, -0.05) is 38.5 Å². The Kier molecular flexibility index (Phi) is 19.9. The predicted molar refractivity (Wildman–Crippen MR) is 286 cm³/mol. The van der Waals surface area contributed by atoms with Crippen LogP contribution in [0.15, 0.2) is 30.5 Å². The number of aromatic nitrogens is 1. The fourth-order valence-corrected chi connectivity index (χ4v) is 11.6. The summed E-state index contributed by atoms with van der Waals surface area (Å²) in [4.78, 5) is 160. The van der Waals surface area contributed by atoms with Crippen LogP contribution in [0.4, 0.5) is 0 Å². The SMILES string of the molecule is CC[C@H](C)[C@H](NC(=O)[C@H](CCC(N)=O)NC(=O)[C@@H]1CCCN1C(=O)[C@H](CCCNC(=N)N)NC(=O)[C@@H]1CCCN1C(=O)[C@H](Cc1c[nH]c2ccccc12)NC(=O)[C@@H]1CCC(=O)N1)C(=O)N1CCC[C@H]1C(=O)N1CCC[C@H]1C(N)=O. The van der Waals surface area contributed by atoms with Crippen LogP contribution in [0.2, 0.25) is 0 Å². The fourth-order valence-electron chi connectivity index (χ4n) is 11.6. The van der Waals surface area contributed by atoms with E-state index in [9.17, 15) is 52.7 Å². The van der Waals surface area contributed by atoms with Crippen LogP contribution in [0.1, 0.15) is 116 Å². The number of fused-ring (bicyclic) bond motifs is 1. The summed E-state index contributed by atoms with van der Waals surface area (Å²) in [5, 5.41) is 25.0. The number of hydrogen-bond donors (Lipinski definition) is 11. The second kappa shape index (κ2) is 26.7. The number of nitrogens with zero attached hydrogens (tertiary/aromatic N) is 4. The van der Waals surface area contributed by atoms with Crippen molar-refractivity contribution in [3.05, 3.63) is 36.0 Å². The van der Waals surface area contributed by atoms with Gasteiger partial charge in [-0.2, -0.15) is 0 Å². The minimum atomic E-state index is -1.41. The molecule has 79 heavy (non-hydrogen) atoms. The molecule has 0 saturated carbocycles. The lowest BCUT2D eigenvalue weighted by Crippen LogP contribution is -2.61. The molecule has 2 aromatic rings. The number of likely N-dealkylation sites (tertiary alicyclic amines) is 4. The molecule has 26 heteroatoms. The number of para-hydroxylation sites is 1. The first-order chi connectivity index (χ1) is 37.8. The average Bonchev–Trinajstić information content (AvgIpc) is 4.38. The Morgan fingerprint density at radius 3 is 1.85 bits per heavy atom. The molecule has 1 aromatic heterocycles. The molecular weight excluding hydrogens is 1020 g/mol. The summed E-state index contributed by atoms with van der Waals surface area (Å²) in [5.41, 5.74) is 18.2. The summed E-state index contributed by atoms with van der Waals surface area (Å²) >= 11 is 0. The zero-order valence-corrected chi connectivity index (χ0v) is 45.0. The standard InChI is InChI=1S/C53H77N15O11/c1-3-29(2)43(52(79)68-26-10-17-40(68)51(78)65-23-7-14-37(65)44(55)71)64-46(73)34(18-20-41(54)69)61-47(74)38-15-8-24-66(38)49(76)35(13-6-22-58-53(56)57)62-48(75)39-16-9-25-67(39)50(77)36(63-45(72)33-19-21-42(70)60-33)27-30-28-59-32-12-5-4-11-31(30)32/h4-5,11-12,28-29,33-40,43,59H,3,6-10,13-27H2,1-2H3,(H2,54,69)(H2,55,71)(H,60,70)(H,61,74)(H,62,75)(H,63,72)(H,64,73)(H4,56,57,58)/t29-,33-,34-,35-,36-,37-,38-,39-,40-,43-/m0/s1. The van der Waals surface area contributed by atoms with Gasteiger partial charge in [0, 0.05) is 69.1 Å². The quantitative estimate of drug-likeness (QED) is 0.0307. The van der Waals surface area contributed by atoms with Gasteiger partial charge in [-0.25, -0.2) is 0 Å². The number of carbonyl (C=O) groups is 11. The number of primary amides is 2. The Morgan fingerprint density at radius 2 is 1.25 bits per heavy atom. The number of nitrogens with one attached hydrogen (secondary N) is 8. The molecule has 430 valence electrons. The van der Waals surface area contributed by atoms with Crippen molar-refractivity contribution >= 4 is 81.8 Å². The Hall–Kier alpha value is -7.80. The van der Waals surface area contributed by atoms with Crippen LogP contribution in [0.3, 0.4) is 0 Å². The summed E-state index contributed by atoms with van der Waals surface area (Å²) in [6, 6.07) is -2.19. The highest BCUT2D eigenvalue weighted by Crippen LogP contribution is 2.28. The van der Waals surface area contributed by atoms with Gasteiger partial charge in [-0.3, -0.25) is 58.1 Å². The zero-order chi connectivity index (χ0) is 57.1. The molecule has 5 aliphatic rings. The van der Waals surface area contributed by atoms with Gasteiger partial charge in [0.05, 0.1) is 0 Å². The predicted octanol–water partition coefficient (Wildman–Crippen LogP) is -2.05. The van der Waals surface area contributed by atoms with E-state index in [1.165, 1.54) is 19.6 Å². The number of carbonyl (C=O) groups excluding carboxylic acids is 11. The number of guanidine groups is 1. The third kappa shape index (κ3) is 14.3. The highest BCUT2D eigenvalue weighted by Gasteiger charge is 2.46. The van der Waals surface area contributed by atoms with Crippen molar-refractivity contribution in [1.29, 1.82) is 5.41 Å². The third-order valence-corrected chi connectivity index (χ3v) is 16.1. The van der Waals surface area contributed by atoms with Crippen molar-refractivity contribution < 1.29 is 52.7 Å². The molecule has 0 unspecified atom stereocenters. The molecule has 0 aliphatic carbocycles. The first-order valence-electron chi connectivity index (χ1n) is 27.7. The van der Waals surface area contributed by atoms with E-state index in [4.69, 9.17) is 22.6 Å². The number of hydrogen-bond acceptors (Lipinski definition) is 12. The Balaban J connectivity index is 1.06. The second-order valence-electron chi connectivity index (χ2n) is 21.4. The van der Waals surface area contributed by atoms with E-state index >= 15 is 0 Å². The van der Waals surface area contributed by atoms with Crippen LogP contribution in [0.5, 0.6) is 0 Å². The molecule has 11 amide bonds. The van der Waals surface area contributed by atoms with Crippen LogP contribution in [-0.2, 0) is 59.2 Å². The minimum Gasteiger partial charge on any atom is -0.370 e. The van der Waals surface area contributed by atoms with Crippen LogP contribution >= 0.6 is 0 Å². The van der Waals surface area contributed by atoms with Crippen molar-refractivity contribution in [1.82, 2.24) is 56.5 Å². The topological polar surface area (TPSA) is 391 Å². The minimum absolute atomic E-state index is 0.0185. The lowest BCUT2D eigenvalue weighted by atomic mass is 9.96. The van der Waals surface area contributed by atoms with E-state index in [0.29, 0.717) is 51.5 Å². The number of H-pyrrole nitrogens is 1. The summed E-state index contributed by atoms with van der Waals surface area (Å²) in [6.07, 6.45) is 5.37. The fraction of sp³-hybridized carbons (Fsp3) is 0.623. The number of aromatic amines is 1. The highest BCUT2D eigenvalue weighted by atomic mass is 16.2. The van der Waals surface area contributed by atoms with Crippen molar-refractivity contribution in [2.75, 3.05) is 32.7 Å².